The molecule has 0 atom stereocenters. The van der Waals surface area contributed by atoms with Crippen molar-refractivity contribution >= 4 is 6.09 Å². The van der Waals surface area contributed by atoms with E-state index in [0.29, 0.717) is 13.1 Å². The van der Waals surface area contributed by atoms with Crippen LogP contribution in [0.5, 0.6) is 0 Å². The van der Waals surface area contributed by atoms with Crippen molar-refractivity contribution in [3.63, 3.8) is 0 Å². The minimum Gasteiger partial charge on any atom is -0.444 e. The molecule has 0 spiro atoms. The fraction of sp³-hybridized carbons (Fsp3) is 0.727. The molecule has 0 heterocycles. The van der Waals surface area contributed by atoms with Gasteiger partial charge in [0.15, 0.2) is 0 Å². The van der Waals surface area contributed by atoms with Gasteiger partial charge in [0.1, 0.15) is 5.60 Å². The van der Waals surface area contributed by atoms with Crippen LogP contribution in [0, 0.1) is 0 Å². The Labute approximate surface area is 91.9 Å². The summed E-state index contributed by atoms with van der Waals surface area (Å²) in [7, 11) is 0. The van der Waals surface area contributed by atoms with Crippen LogP contribution in [0.2, 0.25) is 0 Å². The van der Waals surface area contributed by atoms with E-state index in [1.165, 1.54) is 0 Å². The highest BCUT2D eigenvalue weighted by atomic mass is 16.6. The van der Waals surface area contributed by atoms with Gasteiger partial charge in [-0.2, -0.15) is 0 Å². The SMILES string of the molecule is CC(CN)=C(C)CNC(=O)OC(C)(C)C. The van der Waals surface area contributed by atoms with E-state index < -0.39 is 11.7 Å². The van der Waals surface area contributed by atoms with E-state index in [-0.39, 0.29) is 0 Å². The molecular formula is C11H22N2O2. The number of hydrogen-bond acceptors (Lipinski definition) is 3. The summed E-state index contributed by atoms with van der Waals surface area (Å²) >= 11 is 0. The zero-order valence-electron chi connectivity index (χ0n) is 10.3. The van der Waals surface area contributed by atoms with Crippen molar-refractivity contribution < 1.29 is 9.53 Å². The van der Waals surface area contributed by atoms with Crippen molar-refractivity contribution in [2.45, 2.75) is 40.2 Å². The zero-order valence-corrected chi connectivity index (χ0v) is 10.3. The topological polar surface area (TPSA) is 64.3 Å². The molecule has 3 N–H and O–H groups in total. The van der Waals surface area contributed by atoms with Crippen LogP contribution in [-0.4, -0.2) is 24.8 Å². The van der Waals surface area contributed by atoms with Crippen LogP contribution in [0.4, 0.5) is 4.79 Å². The standard InChI is InChI=1S/C11H22N2O2/c1-8(6-12)9(2)7-13-10(14)15-11(3,4)5/h6-7,12H2,1-5H3,(H,13,14). The van der Waals surface area contributed by atoms with Crippen LogP contribution < -0.4 is 11.1 Å². The van der Waals surface area contributed by atoms with Gasteiger partial charge in [0, 0.05) is 13.1 Å². The second-order valence-electron chi connectivity index (χ2n) is 4.62. The van der Waals surface area contributed by atoms with Crippen LogP contribution in [0.15, 0.2) is 11.1 Å². The Morgan fingerprint density at radius 3 is 2.20 bits per heavy atom. The van der Waals surface area contributed by atoms with E-state index in [2.05, 4.69) is 5.32 Å². The van der Waals surface area contributed by atoms with E-state index in [1.807, 2.05) is 34.6 Å². The molecule has 0 aromatic carbocycles. The second kappa shape index (κ2) is 5.75. The minimum atomic E-state index is -0.454. The minimum absolute atomic E-state index is 0.397. The first-order valence-electron chi connectivity index (χ1n) is 5.08. The molecule has 0 aliphatic rings. The molecule has 0 aromatic rings. The number of ether oxygens (including phenoxy) is 1. The fourth-order valence-corrected chi connectivity index (χ4v) is 0.844. The summed E-state index contributed by atoms with van der Waals surface area (Å²) in [6, 6.07) is 0. The number of carbonyl (C=O) groups excluding carboxylic acids is 1. The Hall–Kier alpha value is -1.03. The lowest BCUT2D eigenvalue weighted by molar-refractivity contribution is 0.0532. The monoisotopic (exact) mass is 214 g/mol. The molecule has 4 heteroatoms. The molecule has 0 radical (unpaired) electrons. The molecule has 15 heavy (non-hydrogen) atoms. The molecule has 0 aromatic heterocycles. The summed E-state index contributed by atoms with van der Waals surface area (Å²) < 4.78 is 5.10. The molecule has 0 fully saturated rings. The van der Waals surface area contributed by atoms with Crippen LogP contribution in [0.25, 0.3) is 0 Å². The van der Waals surface area contributed by atoms with Crippen molar-refractivity contribution in [2.24, 2.45) is 5.73 Å². The first-order valence-corrected chi connectivity index (χ1v) is 5.08. The van der Waals surface area contributed by atoms with E-state index in [9.17, 15) is 4.79 Å². The van der Waals surface area contributed by atoms with Gasteiger partial charge in [0.25, 0.3) is 0 Å². The number of amides is 1. The molecular weight excluding hydrogens is 192 g/mol. The van der Waals surface area contributed by atoms with Crippen LogP contribution >= 0.6 is 0 Å². The van der Waals surface area contributed by atoms with Crippen LogP contribution in [0.3, 0.4) is 0 Å². The average Bonchev–Trinajstić information content (AvgIpc) is 2.10. The molecule has 0 saturated carbocycles. The van der Waals surface area contributed by atoms with Crippen molar-refractivity contribution in [1.29, 1.82) is 0 Å². The van der Waals surface area contributed by atoms with E-state index in [0.717, 1.165) is 11.1 Å². The molecule has 0 saturated heterocycles. The van der Waals surface area contributed by atoms with Gasteiger partial charge in [-0.05, 0) is 34.6 Å². The summed E-state index contributed by atoms with van der Waals surface area (Å²) in [5.41, 5.74) is 7.19. The Morgan fingerprint density at radius 1 is 1.27 bits per heavy atom. The third-order valence-electron chi connectivity index (χ3n) is 1.93. The first kappa shape index (κ1) is 14.0. The molecule has 1 amide bonds. The summed E-state index contributed by atoms with van der Waals surface area (Å²) in [5, 5.41) is 2.68. The number of nitrogens with one attached hydrogen (secondary N) is 1. The van der Waals surface area contributed by atoms with Crippen LogP contribution in [-0.2, 0) is 4.74 Å². The van der Waals surface area contributed by atoms with E-state index in [1.54, 1.807) is 0 Å². The van der Waals surface area contributed by atoms with Gasteiger partial charge >= 0.3 is 6.09 Å². The number of carbonyl (C=O) groups is 1. The molecule has 0 rings (SSSR count). The largest absolute Gasteiger partial charge is 0.444 e. The molecule has 0 bridgehead atoms. The third kappa shape index (κ3) is 6.96. The van der Waals surface area contributed by atoms with Gasteiger partial charge in [-0.15, -0.1) is 0 Å². The average molecular weight is 214 g/mol. The lowest BCUT2D eigenvalue weighted by atomic mass is 10.1. The predicted octanol–water partition coefficient (Wildman–Crippen LogP) is 1.81. The number of nitrogens with two attached hydrogens (primary N) is 1. The highest BCUT2D eigenvalue weighted by Gasteiger charge is 2.15. The van der Waals surface area contributed by atoms with Crippen LogP contribution in [0.1, 0.15) is 34.6 Å². The molecule has 88 valence electrons. The second-order valence-corrected chi connectivity index (χ2v) is 4.62. The highest BCUT2D eigenvalue weighted by molar-refractivity contribution is 5.68. The Morgan fingerprint density at radius 2 is 1.80 bits per heavy atom. The van der Waals surface area contributed by atoms with Crippen molar-refractivity contribution in [1.82, 2.24) is 5.32 Å². The zero-order chi connectivity index (χ0) is 12.1. The summed E-state index contributed by atoms with van der Waals surface area (Å²) in [5.74, 6) is 0. The Kier molecular flexibility index (Phi) is 5.36. The van der Waals surface area contributed by atoms with E-state index in [4.69, 9.17) is 10.5 Å². The molecule has 0 unspecified atom stereocenters. The highest BCUT2D eigenvalue weighted by Crippen LogP contribution is 2.07. The predicted molar refractivity (Wildman–Crippen MR) is 61.7 cm³/mol. The number of alkyl carbamates (subject to hydrolysis) is 1. The molecule has 0 aliphatic carbocycles. The maximum absolute atomic E-state index is 11.3. The smallest absolute Gasteiger partial charge is 0.407 e. The maximum atomic E-state index is 11.3. The Bertz CT molecular complexity index is 252. The lowest BCUT2D eigenvalue weighted by Crippen LogP contribution is -2.33. The summed E-state index contributed by atoms with van der Waals surface area (Å²) in [6.45, 7) is 10.4. The quantitative estimate of drug-likeness (QED) is 0.704. The van der Waals surface area contributed by atoms with E-state index >= 15 is 0 Å². The normalized spacial score (nSPS) is 13.2. The fourth-order valence-electron chi connectivity index (χ4n) is 0.844. The molecule has 4 nitrogen and oxygen atoms in total. The van der Waals surface area contributed by atoms with Gasteiger partial charge in [0.05, 0.1) is 0 Å². The summed E-state index contributed by atoms with van der Waals surface area (Å²) in [4.78, 5) is 11.3. The number of rotatable bonds is 3. The molecule has 0 aliphatic heterocycles. The van der Waals surface area contributed by atoms with Crippen molar-refractivity contribution in [3.8, 4) is 0 Å². The van der Waals surface area contributed by atoms with Crippen molar-refractivity contribution in [3.05, 3.63) is 11.1 Å². The van der Waals surface area contributed by atoms with Gasteiger partial charge < -0.3 is 15.8 Å². The lowest BCUT2D eigenvalue weighted by Gasteiger charge is -2.20. The van der Waals surface area contributed by atoms with Gasteiger partial charge in [-0.1, -0.05) is 11.1 Å². The Balaban J connectivity index is 4.03. The third-order valence-corrected chi connectivity index (χ3v) is 1.93. The maximum Gasteiger partial charge on any atom is 0.407 e. The van der Waals surface area contributed by atoms with Crippen molar-refractivity contribution in [2.75, 3.05) is 13.1 Å². The summed E-state index contributed by atoms with van der Waals surface area (Å²) in [6.07, 6.45) is -0.397. The first-order chi connectivity index (χ1) is 6.76. The van der Waals surface area contributed by atoms with Gasteiger partial charge in [-0.25, -0.2) is 4.79 Å². The number of hydrogen-bond donors (Lipinski definition) is 2. The van der Waals surface area contributed by atoms with Gasteiger partial charge in [0.2, 0.25) is 0 Å². The van der Waals surface area contributed by atoms with Gasteiger partial charge in [-0.3, -0.25) is 0 Å².